The number of hydrogen-bond donors (Lipinski definition) is 1. The largest absolute Gasteiger partial charge is 0.415 e. The molecule has 0 bridgehead atoms. The first-order valence-corrected chi connectivity index (χ1v) is 4.24. The number of allylic oxidation sites excluding steroid dienone is 2. The van der Waals surface area contributed by atoms with Crippen LogP contribution in [-0.2, 0) is 0 Å². The molecule has 2 nitrogen and oxygen atoms in total. The molecule has 0 saturated heterocycles. The zero-order valence-electron chi connectivity index (χ0n) is 6.80. The van der Waals surface area contributed by atoms with Crippen LogP contribution in [0.25, 0.3) is 0 Å². The molecule has 0 aromatic carbocycles. The van der Waals surface area contributed by atoms with Gasteiger partial charge in [-0.25, -0.2) is 4.99 Å². The van der Waals surface area contributed by atoms with Crippen LogP contribution >= 0.6 is 12.2 Å². The molecule has 0 aromatic heterocycles. The van der Waals surface area contributed by atoms with Crippen LogP contribution < -0.4 is 5.32 Å². The average molecular weight is 218 g/mol. The summed E-state index contributed by atoms with van der Waals surface area (Å²) in [7, 11) is 0. The Hall–Kier alpha value is -1.17. The molecule has 2 rings (SSSR count). The molecule has 1 aliphatic carbocycles. The number of aliphatic imine (C=N–C) groups is 1. The Morgan fingerprint density at radius 2 is 2.14 bits per heavy atom. The van der Waals surface area contributed by atoms with Crippen molar-refractivity contribution in [1.29, 1.82) is 0 Å². The molecule has 2 aliphatic rings. The second-order valence-corrected chi connectivity index (χ2v) is 3.28. The van der Waals surface area contributed by atoms with Gasteiger partial charge in [0.15, 0.2) is 5.11 Å². The number of thiocarbonyl (C=S) groups is 1. The summed E-state index contributed by atoms with van der Waals surface area (Å²) in [5, 5.41) is 2.60. The van der Waals surface area contributed by atoms with Gasteiger partial charge in [0.1, 0.15) is 6.04 Å². The lowest BCUT2D eigenvalue weighted by molar-refractivity contribution is -0.0941. The first kappa shape index (κ1) is 9.39. The van der Waals surface area contributed by atoms with E-state index < -0.39 is 17.8 Å². The number of halogens is 3. The van der Waals surface area contributed by atoms with Gasteiger partial charge in [-0.1, -0.05) is 12.2 Å². The van der Waals surface area contributed by atoms with Gasteiger partial charge in [0.2, 0.25) is 0 Å². The van der Waals surface area contributed by atoms with E-state index in [1.54, 1.807) is 0 Å². The molecule has 14 heavy (non-hydrogen) atoms. The second kappa shape index (κ2) is 2.91. The van der Waals surface area contributed by atoms with Gasteiger partial charge in [-0.05, 0) is 18.3 Å². The third-order valence-corrected chi connectivity index (χ3v) is 2.18. The minimum Gasteiger partial charge on any atom is -0.348 e. The summed E-state index contributed by atoms with van der Waals surface area (Å²) in [5.41, 5.74) is -0.330. The first-order chi connectivity index (χ1) is 6.48. The van der Waals surface area contributed by atoms with E-state index in [0.29, 0.717) is 5.71 Å². The Bertz CT molecular complexity index is 379. The number of alkyl halides is 3. The van der Waals surface area contributed by atoms with E-state index in [0.717, 1.165) is 6.08 Å². The van der Waals surface area contributed by atoms with Crippen LogP contribution in [0.3, 0.4) is 0 Å². The van der Waals surface area contributed by atoms with Crippen molar-refractivity contribution in [3.63, 3.8) is 0 Å². The van der Waals surface area contributed by atoms with Crippen LogP contribution in [0.15, 0.2) is 28.8 Å². The standard InChI is InChI=1S/C8H5F3N2S/c9-8(10,11)4-2-1-3-5-6(4)13-7(14)12-5/h1-3,6H,(H,13,14). The lowest BCUT2D eigenvalue weighted by Crippen LogP contribution is -2.39. The van der Waals surface area contributed by atoms with E-state index in [1.165, 1.54) is 12.2 Å². The molecule has 0 radical (unpaired) electrons. The Labute approximate surface area is 83.2 Å². The fourth-order valence-corrected chi connectivity index (χ4v) is 1.61. The highest BCUT2D eigenvalue weighted by Gasteiger charge is 2.42. The molecular formula is C8H5F3N2S. The molecule has 6 heteroatoms. The van der Waals surface area contributed by atoms with E-state index in [4.69, 9.17) is 0 Å². The summed E-state index contributed by atoms with van der Waals surface area (Å²) in [6.45, 7) is 0. The van der Waals surface area contributed by atoms with Crippen molar-refractivity contribution in [2.24, 2.45) is 4.99 Å². The minimum absolute atomic E-state index is 0.103. The maximum Gasteiger partial charge on any atom is 0.415 e. The highest BCUT2D eigenvalue weighted by molar-refractivity contribution is 7.80. The summed E-state index contributed by atoms with van der Waals surface area (Å²) in [6, 6.07) is -0.924. The molecule has 0 fully saturated rings. The molecule has 1 unspecified atom stereocenters. The minimum atomic E-state index is -4.34. The Kier molecular flexibility index (Phi) is 1.95. The summed E-state index contributed by atoms with van der Waals surface area (Å²) in [5.74, 6) is 0. The van der Waals surface area contributed by atoms with Crippen LogP contribution in [0.1, 0.15) is 0 Å². The van der Waals surface area contributed by atoms with Crippen molar-refractivity contribution in [3.05, 3.63) is 23.8 Å². The van der Waals surface area contributed by atoms with Crippen LogP contribution in [0, 0.1) is 0 Å². The molecule has 1 aliphatic heterocycles. The Morgan fingerprint density at radius 3 is 2.79 bits per heavy atom. The first-order valence-electron chi connectivity index (χ1n) is 3.83. The monoisotopic (exact) mass is 218 g/mol. The van der Waals surface area contributed by atoms with Crippen molar-refractivity contribution < 1.29 is 13.2 Å². The number of nitrogens with zero attached hydrogens (tertiary/aromatic N) is 1. The summed E-state index contributed by atoms with van der Waals surface area (Å²) >= 11 is 4.68. The zero-order chi connectivity index (χ0) is 10.3. The number of rotatable bonds is 0. The van der Waals surface area contributed by atoms with E-state index in [1.807, 2.05) is 0 Å². The lowest BCUT2D eigenvalue weighted by Gasteiger charge is -2.20. The molecule has 0 spiro atoms. The maximum absolute atomic E-state index is 12.5. The van der Waals surface area contributed by atoms with Gasteiger partial charge in [0, 0.05) is 0 Å². The SMILES string of the molecule is FC(F)(F)C1=CC=CC2=NC(=S)NC12. The Balaban J connectivity index is 2.38. The van der Waals surface area contributed by atoms with Gasteiger partial charge in [0.25, 0.3) is 0 Å². The van der Waals surface area contributed by atoms with Gasteiger partial charge >= 0.3 is 6.18 Å². The van der Waals surface area contributed by atoms with Crippen molar-refractivity contribution in [2.75, 3.05) is 0 Å². The molecule has 0 saturated carbocycles. The predicted octanol–water partition coefficient (Wildman–Crippen LogP) is 1.74. The number of fused-ring (bicyclic) bond motifs is 1. The van der Waals surface area contributed by atoms with Gasteiger partial charge in [0.05, 0.1) is 11.3 Å². The van der Waals surface area contributed by atoms with Gasteiger partial charge < -0.3 is 5.32 Å². The number of nitrogens with one attached hydrogen (secondary N) is 1. The van der Waals surface area contributed by atoms with Gasteiger partial charge in [-0.2, -0.15) is 13.2 Å². The van der Waals surface area contributed by atoms with Crippen LogP contribution in [-0.4, -0.2) is 23.0 Å². The topological polar surface area (TPSA) is 24.4 Å². The molecule has 1 heterocycles. The number of hydrogen-bond acceptors (Lipinski definition) is 1. The fourth-order valence-electron chi connectivity index (χ4n) is 1.39. The normalized spacial score (nSPS) is 25.4. The molecule has 0 aromatic rings. The van der Waals surface area contributed by atoms with E-state index >= 15 is 0 Å². The smallest absolute Gasteiger partial charge is 0.348 e. The van der Waals surface area contributed by atoms with Crippen LogP contribution in [0.5, 0.6) is 0 Å². The second-order valence-electron chi connectivity index (χ2n) is 2.90. The third kappa shape index (κ3) is 1.45. The summed E-state index contributed by atoms with van der Waals surface area (Å²) in [4.78, 5) is 3.78. The maximum atomic E-state index is 12.5. The van der Waals surface area contributed by atoms with E-state index in [9.17, 15) is 13.2 Å². The van der Waals surface area contributed by atoms with Crippen LogP contribution in [0.2, 0.25) is 0 Å². The van der Waals surface area contributed by atoms with Crippen LogP contribution in [0.4, 0.5) is 13.2 Å². The molecule has 1 atom stereocenters. The van der Waals surface area contributed by atoms with Gasteiger partial charge in [-0.3, -0.25) is 0 Å². The average Bonchev–Trinajstić information content (AvgIpc) is 2.41. The van der Waals surface area contributed by atoms with Crippen molar-refractivity contribution >= 4 is 23.0 Å². The van der Waals surface area contributed by atoms with Crippen molar-refractivity contribution in [1.82, 2.24) is 5.32 Å². The van der Waals surface area contributed by atoms with Crippen molar-refractivity contribution in [3.8, 4) is 0 Å². The van der Waals surface area contributed by atoms with E-state index in [-0.39, 0.29) is 5.11 Å². The summed E-state index contributed by atoms with van der Waals surface area (Å²) in [6.07, 6.45) is -0.465. The quantitative estimate of drug-likeness (QED) is 0.626. The Morgan fingerprint density at radius 1 is 1.43 bits per heavy atom. The fraction of sp³-hybridized carbons (Fsp3) is 0.250. The van der Waals surface area contributed by atoms with E-state index in [2.05, 4.69) is 22.5 Å². The third-order valence-electron chi connectivity index (χ3n) is 1.98. The highest BCUT2D eigenvalue weighted by Crippen LogP contribution is 2.32. The molecular weight excluding hydrogens is 213 g/mol. The molecule has 74 valence electrons. The highest BCUT2D eigenvalue weighted by atomic mass is 32.1. The molecule has 1 N–H and O–H groups in total. The summed E-state index contributed by atoms with van der Waals surface area (Å²) < 4.78 is 37.4. The predicted molar refractivity (Wildman–Crippen MR) is 50.2 cm³/mol. The van der Waals surface area contributed by atoms with Crippen molar-refractivity contribution in [2.45, 2.75) is 12.2 Å². The lowest BCUT2D eigenvalue weighted by atomic mass is 9.97. The zero-order valence-corrected chi connectivity index (χ0v) is 7.62. The van der Waals surface area contributed by atoms with Gasteiger partial charge in [-0.15, -0.1) is 0 Å². The molecule has 0 amide bonds.